The number of aliphatic hydroxyl groups is 1. The molecule has 1 aromatic rings. The molecule has 0 saturated carbocycles. The molecule has 92 valence electrons. The third kappa shape index (κ3) is 6.75. The van der Waals surface area contributed by atoms with E-state index in [-0.39, 0.29) is 0 Å². The number of ether oxygens (including phenoxy) is 1. The van der Waals surface area contributed by atoms with Gasteiger partial charge in [0.15, 0.2) is 0 Å². The van der Waals surface area contributed by atoms with E-state index in [1.165, 1.54) is 0 Å². The van der Waals surface area contributed by atoms with E-state index in [9.17, 15) is 5.11 Å². The van der Waals surface area contributed by atoms with Crippen LogP contribution in [0.25, 0.3) is 0 Å². The van der Waals surface area contributed by atoms with Gasteiger partial charge < -0.3 is 9.84 Å². The van der Waals surface area contributed by atoms with Gasteiger partial charge in [-0.2, -0.15) is 0 Å². The van der Waals surface area contributed by atoms with E-state index in [0.29, 0.717) is 19.1 Å². The van der Waals surface area contributed by atoms with Crippen LogP contribution in [0.4, 0.5) is 0 Å². The van der Waals surface area contributed by atoms with Crippen LogP contribution in [0.1, 0.15) is 19.4 Å². The average molecular weight is 232 g/mol. The fraction of sp³-hybridized carbons (Fsp3) is 0.400. The quantitative estimate of drug-likeness (QED) is 0.764. The summed E-state index contributed by atoms with van der Waals surface area (Å²) >= 11 is 0. The van der Waals surface area contributed by atoms with Gasteiger partial charge in [0.1, 0.15) is 6.10 Å². The molecule has 0 bridgehead atoms. The van der Waals surface area contributed by atoms with Gasteiger partial charge in [-0.15, -0.1) is 5.73 Å². The molecule has 0 fully saturated rings. The third-order valence-electron chi connectivity index (χ3n) is 2.12. The standard InChI is InChI=1S/C15H20O2/c1-13(2)7-6-10-15(16)12-17-11-14-8-4-3-5-9-14/h3-5,7-10,13,15-16H,11-12H2,1-2H3. The lowest BCUT2D eigenvalue weighted by Gasteiger charge is -2.06. The SMILES string of the molecule is CC(C)C=C=CC(O)COCc1ccccc1. The molecule has 1 rings (SSSR count). The average Bonchev–Trinajstić information content (AvgIpc) is 2.30. The van der Waals surface area contributed by atoms with Crippen LogP contribution in [-0.2, 0) is 11.3 Å². The molecule has 0 aliphatic heterocycles. The van der Waals surface area contributed by atoms with E-state index < -0.39 is 6.10 Å². The highest BCUT2D eigenvalue weighted by Crippen LogP contribution is 2.01. The highest BCUT2D eigenvalue weighted by atomic mass is 16.5. The lowest BCUT2D eigenvalue weighted by atomic mass is 10.2. The highest BCUT2D eigenvalue weighted by molar-refractivity contribution is 5.13. The zero-order chi connectivity index (χ0) is 12.5. The maximum Gasteiger partial charge on any atom is 0.103 e. The van der Waals surface area contributed by atoms with Crippen molar-refractivity contribution in [2.24, 2.45) is 5.92 Å². The summed E-state index contributed by atoms with van der Waals surface area (Å²) in [6.07, 6.45) is 2.96. The van der Waals surface area contributed by atoms with E-state index >= 15 is 0 Å². The number of aliphatic hydroxyl groups excluding tert-OH is 1. The summed E-state index contributed by atoms with van der Waals surface area (Å²) in [6, 6.07) is 9.92. The fourth-order valence-electron chi connectivity index (χ4n) is 1.28. The van der Waals surface area contributed by atoms with Crippen LogP contribution in [0.5, 0.6) is 0 Å². The number of hydrogen-bond acceptors (Lipinski definition) is 2. The van der Waals surface area contributed by atoms with Crippen molar-refractivity contribution in [3.8, 4) is 0 Å². The van der Waals surface area contributed by atoms with Gasteiger partial charge in [0.2, 0.25) is 0 Å². The van der Waals surface area contributed by atoms with E-state index in [2.05, 4.69) is 19.6 Å². The van der Waals surface area contributed by atoms with Crippen molar-refractivity contribution >= 4 is 0 Å². The van der Waals surface area contributed by atoms with E-state index in [0.717, 1.165) is 5.56 Å². The van der Waals surface area contributed by atoms with Gasteiger partial charge in [0.05, 0.1) is 13.2 Å². The Labute approximate surface area is 103 Å². The second-order valence-corrected chi connectivity index (χ2v) is 4.31. The van der Waals surface area contributed by atoms with Crippen molar-refractivity contribution in [3.63, 3.8) is 0 Å². The monoisotopic (exact) mass is 232 g/mol. The van der Waals surface area contributed by atoms with E-state index in [1.54, 1.807) is 6.08 Å². The zero-order valence-corrected chi connectivity index (χ0v) is 10.5. The summed E-state index contributed by atoms with van der Waals surface area (Å²) in [4.78, 5) is 0. The lowest BCUT2D eigenvalue weighted by Crippen LogP contribution is -2.11. The zero-order valence-electron chi connectivity index (χ0n) is 10.5. The first-order chi connectivity index (χ1) is 8.18. The molecule has 17 heavy (non-hydrogen) atoms. The van der Waals surface area contributed by atoms with Crippen LogP contribution in [0.2, 0.25) is 0 Å². The van der Waals surface area contributed by atoms with Crippen LogP contribution in [0.3, 0.4) is 0 Å². The van der Waals surface area contributed by atoms with Crippen molar-refractivity contribution in [2.45, 2.75) is 26.6 Å². The lowest BCUT2D eigenvalue weighted by molar-refractivity contribution is 0.0504. The Kier molecular flexibility index (Phi) is 6.34. The van der Waals surface area contributed by atoms with Gasteiger partial charge >= 0.3 is 0 Å². The molecule has 0 heterocycles. The third-order valence-corrected chi connectivity index (χ3v) is 2.12. The minimum absolute atomic E-state index is 0.299. The summed E-state index contributed by atoms with van der Waals surface area (Å²) in [5.41, 5.74) is 4.07. The maximum absolute atomic E-state index is 9.58. The van der Waals surface area contributed by atoms with Gasteiger partial charge in [-0.3, -0.25) is 0 Å². The largest absolute Gasteiger partial charge is 0.386 e. The maximum atomic E-state index is 9.58. The van der Waals surface area contributed by atoms with Gasteiger partial charge in [-0.05, 0) is 23.6 Å². The molecule has 0 saturated heterocycles. The molecule has 0 aliphatic carbocycles. The predicted molar refractivity (Wildman–Crippen MR) is 69.6 cm³/mol. The summed E-state index contributed by atoms with van der Waals surface area (Å²) in [7, 11) is 0. The second-order valence-electron chi connectivity index (χ2n) is 4.31. The minimum Gasteiger partial charge on any atom is -0.386 e. The summed E-state index contributed by atoms with van der Waals surface area (Å²) in [5.74, 6) is 0.448. The highest BCUT2D eigenvalue weighted by Gasteiger charge is 1.98. The first kappa shape index (κ1) is 13.7. The molecular weight excluding hydrogens is 212 g/mol. The molecule has 0 aromatic heterocycles. The predicted octanol–water partition coefficient (Wildman–Crippen LogP) is 2.93. The Balaban J connectivity index is 2.25. The van der Waals surface area contributed by atoms with Crippen LogP contribution in [-0.4, -0.2) is 17.8 Å². The van der Waals surface area contributed by atoms with Gasteiger partial charge in [-0.1, -0.05) is 44.2 Å². The van der Waals surface area contributed by atoms with Crippen molar-refractivity contribution in [1.29, 1.82) is 0 Å². The van der Waals surface area contributed by atoms with E-state index in [1.807, 2.05) is 36.4 Å². The number of hydrogen-bond donors (Lipinski definition) is 1. The topological polar surface area (TPSA) is 29.5 Å². The molecular formula is C15H20O2. The molecule has 2 heteroatoms. The molecule has 0 radical (unpaired) electrons. The molecule has 0 amide bonds. The molecule has 1 N–H and O–H groups in total. The van der Waals surface area contributed by atoms with Crippen LogP contribution in [0, 0.1) is 5.92 Å². The van der Waals surface area contributed by atoms with Crippen molar-refractivity contribution < 1.29 is 9.84 Å². The van der Waals surface area contributed by atoms with E-state index in [4.69, 9.17) is 4.74 Å². The Morgan fingerprint density at radius 2 is 1.94 bits per heavy atom. The van der Waals surface area contributed by atoms with Crippen LogP contribution < -0.4 is 0 Å². The normalized spacial score (nSPS) is 12.0. The molecule has 0 spiro atoms. The Morgan fingerprint density at radius 3 is 2.59 bits per heavy atom. The van der Waals surface area contributed by atoms with Gasteiger partial charge in [0.25, 0.3) is 0 Å². The summed E-state index contributed by atoms with van der Waals surface area (Å²) < 4.78 is 5.40. The second kappa shape index (κ2) is 7.86. The van der Waals surface area contributed by atoms with Crippen molar-refractivity contribution in [3.05, 3.63) is 53.8 Å². The Bertz CT molecular complexity index is 362. The van der Waals surface area contributed by atoms with Crippen molar-refractivity contribution in [2.75, 3.05) is 6.61 Å². The Hall–Kier alpha value is -1.34. The molecule has 1 atom stereocenters. The minimum atomic E-state index is -0.589. The molecule has 2 nitrogen and oxygen atoms in total. The smallest absolute Gasteiger partial charge is 0.103 e. The molecule has 0 aliphatic rings. The Morgan fingerprint density at radius 1 is 1.24 bits per heavy atom. The fourth-order valence-corrected chi connectivity index (χ4v) is 1.28. The molecule has 1 unspecified atom stereocenters. The van der Waals surface area contributed by atoms with Crippen molar-refractivity contribution in [1.82, 2.24) is 0 Å². The number of benzene rings is 1. The first-order valence-corrected chi connectivity index (χ1v) is 5.91. The van der Waals surface area contributed by atoms with Crippen LogP contribution >= 0.6 is 0 Å². The van der Waals surface area contributed by atoms with Crippen LogP contribution in [0.15, 0.2) is 48.2 Å². The summed E-state index contributed by atoms with van der Waals surface area (Å²) in [5, 5.41) is 9.58. The summed E-state index contributed by atoms with van der Waals surface area (Å²) in [6.45, 7) is 4.96. The molecule has 1 aromatic carbocycles. The van der Waals surface area contributed by atoms with Gasteiger partial charge in [-0.25, -0.2) is 0 Å². The number of rotatable bonds is 6. The first-order valence-electron chi connectivity index (χ1n) is 5.91. The van der Waals surface area contributed by atoms with Gasteiger partial charge in [0, 0.05) is 0 Å².